The molecule has 19 heavy (non-hydrogen) atoms. The topological polar surface area (TPSA) is 59.1 Å². The van der Waals surface area contributed by atoms with Crippen molar-refractivity contribution in [1.29, 1.82) is 5.41 Å². The van der Waals surface area contributed by atoms with Gasteiger partial charge in [0.1, 0.15) is 17.3 Å². The first-order chi connectivity index (χ1) is 9.10. The summed E-state index contributed by atoms with van der Waals surface area (Å²) in [4.78, 5) is 1.18. The van der Waals surface area contributed by atoms with E-state index in [9.17, 15) is 0 Å². The van der Waals surface area contributed by atoms with Crippen molar-refractivity contribution in [2.75, 3.05) is 6.26 Å². The number of nitrogen functional groups attached to an aromatic ring is 1. The molecule has 0 bridgehead atoms. The molecule has 0 amide bonds. The number of thioether (sulfide) groups is 1. The third-order valence-electron chi connectivity index (χ3n) is 2.71. The number of hydrogen-bond acceptors (Lipinski definition) is 3. The van der Waals surface area contributed by atoms with Gasteiger partial charge in [-0.05, 0) is 49.6 Å². The van der Waals surface area contributed by atoms with E-state index in [1.165, 1.54) is 4.90 Å². The number of nitrogens with one attached hydrogen (secondary N) is 1. The largest absolute Gasteiger partial charge is 0.457 e. The maximum atomic E-state index is 7.60. The number of nitrogens with two attached hydrogens (primary N) is 1. The number of amidine groups is 1. The lowest BCUT2D eigenvalue weighted by molar-refractivity contribution is 0.481. The second-order valence-corrected chi connectivity index (χ2v) is 5.07. The average molecular weight is 272 g/mol. The normalized spacial score (nSPS) is 10.2. The van der Waals surface area contributed by atoms with Crippen molar-refractivity contribution in [3.8, 4) is 11.5 Å². The summed E-state index contributed by atoms with van der Waals surface area (Å²) in [5.41, 5.74) is 7.25. The highest BCUT2D eigenvalue weighted by Crippen LogP contribution is 2.27. The van der Waals surface area contributed by atoms with Gasteiger partial charge in [0.25, 0.3) is 0 Å². The van der Waals surface area contributed by atoms with Crippen molar-refractivity contribution < 1.29 is 4.74 Å². The Kier molecular flexibility index (Phi) is 4.12. The maximum Gasteiger partial charge on any atom is 0.138 e. The fraction of sp³-hybridized carbons (Fsp3) is 0.133. The van der Waals surface area contributed by atoms with Crippen LogP contribution in [0.25, 0.3) is 0 Å². The molecule has 0 saturated carbocycles. The standard InChI is InChI=1S/C15H16N2OS/c1-10-3-8-14(13(9-10)15(16)17)18-11-4-6-12(19-2)7-5-11/h3-9H,1-2H3,(H3,16,17). The summed E-state index contributed by atoms with van der Waals surface area (Å²) in [6.07, 6.45) is 2.03. The van der Waals surface area contributed by atoms with Gasteiger partial charge in [0.05, 0.1) is 5.56 Å². The molecule has 2 aromatic rings. The highest BCUT2D eigenvalue weighted by atomic mass is 32.2. The van der Waals surface area contributed by atoms with Gasteiger partial charge in [-0.1, -0.05) is 11.6 Å². The van der Waals surface area contributed by atoms with Crippen LogP contribution in [0, 0.1) is 12.3 Å². The molecule has 0 aliphatic carbocycles. The molecule has 4 heteroatoms. The van der Waals surface area contributed by atoms with Gasteiger partial charge in [-0.2, -0.15) is 0 Å². The molecule has 0 aromatic heterocycles. The molecule has 2 aromatic carbocycles. The second kappa shape index (κ2) is 5.80. The number of benzene rings is 2. The Morgan fingerprint density at radius 1 is 1.16 bits per heavy atom. The highest BCUT2D eigenvalue weighted by Gasteiger charge is 2.08. The van der Waals surface area contributed by atoms with Crippen LogP contribution in [0.4, 0.5) is 0 Å². The summed E-state index contributed by atoms with van der Waals surface area (Å²) in [5.74, 6) is 1.36. The molecule has 0 aliphatic heterocycles. The summed E-state index contributed by atoms with van der Waals surface area (Å²) in [7, 11) is 0. The molecular weight excluding hydrogens is 256 g/mol. The van der Waals surface area contributed by atoms with Crippen LogP contribution in [-0.4, -0.2) is 12.1 Å². The van der Waals surface area contributed by atoms with Gasteiger partial charge in [0.2, 0.25) is 0 Å². The van der Waals surface area contributed by atoms with E-state index < -0.39 is 0 Å². The van der Waals surface area contributed by atoms with Crippen LogP contribution in [0.5, 0.6) is 11.5 Å². The number of hydrogen-bond donors (Lipinski definition) is 2. The summed E-state index contributed by atoms with van der Waals surface area (Å²) in [6, 6.07) is 13.5. The van der Waals surface area contributed by atoms with Crippen molar-refractivity contribution in [2.45, 2.75) is 11.8 Å². The molecule has 0 spiro atoms. The van der Waals surface area contributed by atoms with Crippen LogP contribution < -0.4 is 10.5 Å². The van der Waals surface area contributed by atoms with Crippen LogP contribution >= 0.6 is 11.8 Å². The Morgan fingerprint density at radius 2 is 1.84 bits per heavy atom. The predicted molar refractivity (Wildman–Crippen MR) is 80.5 cm³/mol. The second-order valence-electron chi connectivity index (χ2n) is 4.19. The molecule has 0 unspecified atom stereocenters. The van der Waals surface area contributed by atoms with Crippen LogP contribution in [0.1, 0.15) is 11.1 Å². The van der Waals surface area contributed by atoms with Crippen molar-refractivity contribution >= 4 is 17.6 Å². The molecule has 0 heterocycles. The maximum absolute atomic E-state index is 7.60. The van der Waals surface area contributed by atoms with E-state index in [2.05, 4.69) is 0 Å². The molecule has 2 rings (SSSR count). The third kappa shape index (κ3) is 3.29. The van der Waals surface area contributed by atoms with E-state index in [4.69, 9.17) is 15.9 Å². The SMILES string of the molecule is CSc1ccc(Oc2ccc(C)cc2C(=N)N)cc1. The number of ether oxygens (including phenoxy) is 1. The van der Waals surface area contributed by atoms with Crippen LogP contribution in [0.3, 0.4) is 0 Å². The van der Waals surface area contributed by atoms with E-state index >= 15 is 0 Å². The quantitative estimate of drug-likeness (QED) is 0.505. The van der Waals surface area contributed by atoms with Gasteiger partial charge < -0.3 is 10.5 Å². The molecule has 3 nitrogen and oxygen atoms in total. The zero-order chi connectivity index (χ0) is 13.8. The Hall–Kier alpha value is -1.94. The molecule has 0 radical (unpaired) electrons. The first-order valence-electron chi connectivity index (χ1n) is 5.87. The average Bonchev–Trinajstić information content (AvgIpc) is 2.41. The van der Waals surface area contributed by atoms with Crippen molar-refractivity contribution in [1.82, 2.24) is 0 Å². The lowest BCUT2D eigenvalue weighted by Crippen LogP contribution is -2.12. The summed E-state index contributed by atoms with van der Waals surface area (Å²) in [5, 5.41) is 7.60. The number of rotatable bonds is 4. The molecular formula is C15H16N2OS. The lowest BCUT2D eigenvalue weighted by atomic mass is 10.1. The predicted octanol–water partition coefficient (Wildman–Crippen LogP) is 3.79. The van der Waals surface area contributed by atoms with E-state index in [1.807, 2.05) is 55.6 Å². The van der Waals surface area contributed by atoms with Gasteiger partial charge in [-0.25, -0.2) is 0 Å². The minimum Gasteiger partial charge on any atom is -0.457 e. The highest BCUT2D eigenvalue weighted by molar-refractivity contribution is 7.98. The summed E-state index contributed by atoms with van der Waals surface area (Å²) < 4.78 is 5.80. The van der Waals surface area contributed by atoms with Gasteiger partial charge in [-0.3, -0.25) is 5.41 Å². The van der Waals surface area contributed by atoms with E-state index in [0.29, 0.717) is 11.3 Å². The van der Waals surface area contributed by atoms with Crippen molar-refractivity contribution in [2.24, 2.45) is 5.73 Å². The molecule has 0 fully saturated rings. The van der Waals surface area contributed by atoms with Crippen molar-refractivity contribution in [3.05, 3.63) is 53.6 Å². The summed E-state index contributed by atoms with van der Waals surface area (Å²) >= 11 is 1.68. The van der Waals surface area contributed by atoms with Gasteiger partial charge in [0, 0.05) is 4.90 Å². The molecule has 0 atom stereocenters. The minimum atomic E-state index is 0.0134. The monoisotopic (exact) mass is 272 g/mol. The Bertz CT molecular complexity index is 594. The first-order valence-corrected chi connectivity index (χ1v) is 7.09. The smallest absolute Gasteiger partial charge is 0.138 e. The van der Waals surface area contributed by atoms with Crippen LogP contribution in [-0.2, 0) is 0 Å². The van der Waals surface area contributed by atoms with Gasteiger partial charge in [0.15, 0.2) is 0 Å². The van der Waals surface area contributed by atoms with Gasteiger partial charge in [-0.15, -0.1) is 11.8 Å². The molecule has 0 saturated heterocycles. The Labute approximate surface area is 117 Å². The number of aryl methyl sites for hydroxylation is 1. The Balaban J connectivity index is 2.29. The zero-order valence-corrected chi connectivity index (χ0v) is 11.8. The van der Waals surface area contributed by atoms with E-state index in [-0.39, 0.29) is 5.84 Å². The van der Waals surface area contributed by atoms with E-state index in [1.54, 1.807) is 11.8 Å². The molecule has 98 valence electrons. The lowest BCUT2D eigenvalue weighted by Gasteiger charge is -2.11. The summed E-state index contributed by atoms with van der Waals surface area (Å²) in [6.45, 7) is 1.96. The Morgan fingerprint density at radius 3 is 2.42 bits per heavy atom. The fourth-order valence-corrected chi connectivity index (χ4v) is 2.12. The zero-order valence-electron chi connectivity index (χ0n) is 10.9. The van der Waals surface area contributed by atoms with E-state index in [0.717, 1.165) is 11.3 Å². The molecule has 0 aliphatic rings. The first kappa shape index (κ1) is 13.5. The third-order valence-corrected chi connectivity index (χ3v) is 3.46. The molecule has 3 N–H and O–H groups in total. The minimum absolute atomic E-state index is 0.0134. The van der Waals surface area contributed by atoms with Crippen molar-refractivity contribution in [3.63, 3.8) is 0 Å². The van der Waals surface area contributed by atoms with Crippen LogP contribution in [0.15, 0.2) is 47.4 Å². The van der Waals surface area contributed by atoms with Gasteiger partial charge >= 0.3 is 0 Å². The van der Waals surface area contributed by atoms with Crippen LogP contribution in [0.2, 0.25) is 0 Å². The fourth-order valence-electron chi connectivity index (χ4n) is 1.71.